The first-order chi connectivity index (χ1) is 7.75. The molecule has 1 rings (SSSR count). The zero-order chi connectivity index (χ0) is 11.8. The fourth-order valence-corrected chi connectivity index (χ4v) is 1.50. The van der Waals surface area contributed by atoms with E-state index in [4.69, 9.17) is 4.74 Å². The lowest BCUT2D eigenvalue weighted by atomic mass is 10.2. The number of anilines is 1. The minimum Gasteiger partial charge on any atom is -0.380 e. The summed E-state index contributed by atoms with van der Waals surface area (Å²) in [5.41, 5.74) is 2.42. The lowest BCUT2D eigenvalue weighted by Crippen LogP contribution is -2.21. The van der Waals surface area contributed by atoms with Crippen LogP contribution in [0.15, 0.2) is 18.5 Å². The third-order valence-electron chi connectivity index (χ3n) is 2.30. The molecule has 0 amide bonds. The van der Waals surface area contributed by atoms with Crippen LogP contribution >= 0.6 is 0 Å². The Morgan fingerprint density at radius 3 is 2.94 bits per heavy atom. The average molecular weight is 223 g/mol. The van der Waals surface area contributed by atoms with Gasteiger partial charge in [0.15, 0.2) is 0 Å². The maximum Gasteiger partial charge on any atom is 0.0590 e. The van der Waals surface area contributed by atoms with Gasteiger partial charge in [-0.05, 0) is 13.0 Å². The molecule has 0 spiro atoms. The van der Waals surface area contributed by atoms with Crippen LogP contribution in [0.2, 0.25) is 0 Å². The maximum atomic E-state index is 5.26. The smallest absolute Gasteiger partial charge is 0.0590 e. The van der Waals surface area contributed by atoms with E-state index in [1.807, 2.05) is 39.5 Å². The molecule has 0 bridgehead atoms. The van der Waals surface area contributed by atoms with E-state index in [0.717, 1.165) is 26.3 Å². The van der Waals surface area contributed by atoms with Crippen LogP contribution in [0, 0.1) is 0 Å². The maximum absolute atomic E-state index is 5.26. The fraction of sp³-hybridized carbons (Fsp3) is 0.583. The van der Waals surface area contributed by atoms with Crippen LogP contribution in [-0.4, -0.2) is 38.8 Å². The number of pyridine rings is 1. The molecule has 0 aliphatic rings. The number of nitrogens with zero attached hydrogens (tertiary/aromatic N) is 2. The number of hydrogen-bond donors (Lipinski definition) is 1. The lowest BCUT2D eigenvalue weighted by molar-refractivity contribution is 0.149. The summed E-state index contributed by atoms with van der Waals surface area (Å²) in [7, 11) is 4.08. The highest BCUT2D eigenvalue weighted by atomic mass is 16.5. The molecular formula is C12H21N3O. The summed E-state index contributed by atoms with van der Waals surface area (Å²) in [6, 6.07) is 2.03. The highest BCUT2D eigenvalue weighted by molar-refractivity contribution is 5.50. The molecule has 1 aromatic heterocycles. The molecule has 4 nitrogen and oxygen atoms in total. The zero-order valence-electron chi connectivity index (χ0n) is 10.4. The van der Waals surface area contributed by atoms with Gasteiger partial charge in [0.05, 0.1) is 6.61 Å². The molecule has 0 radical (unpaired) electrons. The molecule has 0 aliphatic heterocycles. The number of hydrogen-bond acceptors (Lipinski definition) is 4. The Hall–Kier alpha value is -1.13. The number of nitrogens with one attached hydrogen (secondary N) is 1. The summed E-state index contributed by atoms with van der Waals surface area (Å²) in [4.78, 5) is 6.24. The fourth-order valence-electron chi connectivity index (χ4n) is 1.50. The summed E-state index contributed by atoms with van der Waals surface area (Å²) in [6.45, 7) is 5.24. The van der Waals surface area contributed by atoms with Crippen molar-refractivity contribution in [3.63, 3.8) is 0 Å². The van der Waals surface area contributed by atoms with Crippen LogP contribution in [-0.2, 0) is 11.3 Å². The second-order valence-electron chi connectivity index (χ2n) is 3.77. The molecule has 16 heavy (non-hydrogen) atoms. The van der Waals surface area contributed by atoms with Gasteiger partial charge in [0.1, 0.15) is 0 Å². The molecular weight excluding hydrogens is 202 g/mol. The van der Waals surface area contributed by atoms with Gasteiger partial charge in [-0.2, -0.15) is 0 Å². The molecule has 1 N–H and O–H groups in total. The van der Waals surface area contributed by atoms with Crippen molar-refractivity contribution in [1.82, 2.24) is 10.3 Å². The van der Waals surface area contributed by atoms with E-state index in [1.54, 1.807) is 0 Å². The van der Waals surface area contributed by atoms with E-state index in [2.05, 4.69) is 15.2 Å². The molecule has 1 aromatic rings. The quantitative estimate of drug-likeness (QED) is 0.706. The second-order valence-corrected chi connectivity index (χ2v) is 3.77. The van der Waals surface area contributed by atoms with Gasteiger partial charge in [0.25, 0.3) is 0 Å². The first kappa shape index (κ1) is 12.9. The predicted octanol–water partition coefficient (Wildman–Crippen LogP) is 1.27. The minimum absolute atomic E-state index is 0.758. The van der Waals surface area contributed by atoms with Gasteiger partial charge < -0.3 is 15.0 Å². The van der Waals surface area contributed by atoms with Crippen molar-refractivity contribution in [2.45, 2.75) is 13.5 Å². The van der Waals surface area contributed by atoms with Crippen LogP contribution in [0.1, 0.15) is 12.5 Å². The van der Waals surface area contributed by atoms with Crippen molar-refractivity contribution >= 4 is 5.69 Å². The van der Waals surface area contributed by atoms with Crippen molar-refractivity contribution in [3.8, 4) is 0 Å². The topological polar surface area (TPSA) is 37.4 Å². The first-order valence-electron chi connectivity index (χ1n) is 5.64. The van der Waals surface area contributed by atoms with Crippen LogP contribution in [0.3, 0.4) is 0 Å². The molecule has 0 fully saturated rings. The third kappa shape index (κ3) is 4.16. The SMILES string of the molecule is CCOCCNCc1cnccc1N(C)C. The van der Waals surface area contributed by atoms with Crippen LogP contribution in [0.4, 0.5) is 5.69 Å². The molecule has 90 valence electrons. The zero-order valence-corrected chi connectivity index (χ0v) is 10.4. The van der Waals surface area contributed by atoms with Crippen molar-refractivity contribution in [1.29, 1.82) is 0 Å². The molecule has 0 aliphatic carbocycles. The number of ether oxygens (including phenoxy) is 1. The van der Waals surface area contributed by atoms with E-state index in [0.29, 0.717) is 0 Å². The number of aromatic nitrogens is 1. The summed E-state index contributed by atoms with van der Waals surface area (Å²) in [5, 5.41) is 3.34. The lowest BCUT2D eigenvalue weighted by Gasteiger charge is -2.17. The molecule has 0 saturated carbocycles. The predicted molar refractivity (Wildman–Crippen MR) is 66.8 cm³/mol. The van der Waals surface area contributed by atoms with Crippen molar-refractivity contribution in [2.24, 2.45) is 0 Å². The summed E-state index contributed by atoms with van der Waals surface area (Å²) in [6.07, 6.45) is 3.72. The van der Waals surface area contributed by atoms with Crippen molar-refractivity contribution < 1.29 is 4.74 Å². The first-order valence-corrected chi connectivity index (χ1v) is 5.64. The minimum atomic E-state index is 0.758. The number of rotatable bonds is 7. The molecule has 0 saturated heterocycles. The van der Waals surface area contributed by atoms with Gasteiger partial charge in [-0.15, -0.1) is 0 Å². The second kappa shape index (κ2) is 7.19. The Morgan fingerprint density at radius 1 is 1.44 bits per heavy atom. The molecule has 0 unspecified atom stereocenters. The third-order valence-corrected chi connectivity index (χ3v) is 2.30. The highest BCUT2D eigenvalue weighted by Crippen LogP contribution is 2.15. The van der Waals surface area contributed by atoms with Crippen LogP contribution in [0.25, 0.3) is 0 Å². The Morgan fingerprint density at radius 2 is 2.25 bits per heavy atom. The van der Waals surface area contributed by atoms with E-state index in [9.17, 15) is 0 Å². The molecule has 4 heteroatoms. The molecule has 0 atom stereocenters. The van der Waals surface area contributed by atoms with Gasteiger partial charge in [-0.3, -0.25) is 4.98 Å². The highest BCUT2D eigenvalue weighted by Gasteiger charge is 2.02. The summed E-state index contributed by atoms with van der Waals surface area (Å²) >= 11 is 0. The Bertz CT molecular complexity index is 302. The van der Waals surface area contributed by atoms with Gasteiger partial charge in [0, 0.05) is 57.4 Å². The van der Waals surface area contributed by atoms with E-state index < -0.39 is 0 Å². The Balaban J connectivity index is 2.41. The van der Waals surface area contributed by atoms with E-state index >= 15 is 0 Å². The average Bonchev–Trinajstić information content (AvgIpc) is 2.29. The van der Waals surface area contributed by atoms with Gasteiger partial charge >= 0.3 is 0 Å². The van der Waals surface area contributed by atoms with Crippen LogP contribution in [0.5, 0.6) is 0 Å². The van der Waals surface area contributed by atoms with E-state index in [-0.39, 0.29) is 0 Å². The summed E-state index contributed by atoms with van der Waals surface area (Å²) < 4.78 is 5.26. The standard InChI is InChI=1S/C12H21N3O/c1-4-16-8-7-14-10-11-9-13-6-5-12(11)15(2)3/h5-6,9,14H,4,7-8,10H2,1-3H3. The summed E-state index contributed by atoms with van der Waals surface area (Å²) in [5.74, 6) is 0. The van der Waals surface area contributed by atoms with Gasteiger partial charge in [-0.25, -0.2) is 0 Å². The Labute approximate surface area is 97.6 Å². The Kier molecular flexibility index (Phi) is 5.82. The molecule has 0 aromatic carbocycles. The van der Waals surface area contributed by atoms with Gasteiger partial charge in [-0.1, -0.05) is 0 Å². The van der Waals surface area contributed by atoms with Crippen molar-refractivity contribution in [3.05, 3.63) is 24.0 Å². The normalized spacial score (nSPS) is 10.4. The monoisotopic (exact) mass is 223 g/mol. The van der Waals surface area contributed by atoms with E-state index in [1.165, 1.54) is 11.3 Å². The van der Waals surface area contributed by atoms with Gasteiger partial charge in [0.2, 0.25) is 0 Å². The molecule has 1 heterocycles. The largest absolute Gasteiger partial charge is 0.380 e. The van der Waals surface area contributed by atoms with Crippen molar-refractivity contribution in [2.75, 3.05) is 38.8 Å². The van der Waals surface area contributed by atoms with Crippen LogP contribution < -0.4 is 10.2 Å².